The van der Waals surface area contributed by atoms with E-state index in [1.807, 2.05) is 13.8 Å². The summed E-state index contributed by atoms with van der Waals surface area (Å²) in [6, 6.07) is 11.5. The minimum atomic E-state index is -0.529. The molecule has 0 unspecified atom stereocenters. The number of para-hydroxylation sites is 1. The number of ether oxygens (including phenoxy) is 2. The molecule has 2 rings (SSSR count). The molecule has 0 saturated heterocycles. The molecule has 0 bridgehead atoms. The fraction of sp³-hybridized carbons (Fsp3) is 0.250. The van der Waals surface area contributed by atoms with Gasteiger partial charge >= 0.3 is 0 Å². The lowest BCUT2D eigenvalue weighted by Gasteiger charge is -2.14. The Morgan fingerprint density at radius 1 is 1.03 bits per heavy atom. The molecule has 10 heteroatoms. The second-order valence-corrected chi connectivity index (χ2v) is 7.77. The van der Waals surface area contributed by atoms with Gasteiger partial charge in [-0.05, 0) is 48.5 Å². The van der Waals surface area contributed by atoms with Crippen molar-refractivity contribution in [2.24, 2.45) is 5.92 Å². The molecule has 0 aliphatic carbocycles. The molecule has 2 aromatic carbocycles. The van der Waals surface area contributed by atoms with Crippen molar-refractivity contribution in [1.29, 1.82) is 0 Å². The van der Waals surface area contributed by atoms with Crippen LogP contribution >= 0.6 is 35.4 Å². The number of hydrazine groups is 1. The van der Waals surface area contributed by atoms with Crippen molar-refractivity contribution < 1.29 is 19.1 Å². The third kappa shape index (κ3) is 7.70. The van der Waals surface area contributed by atoms with Crippen molar-refractivity contribution in [2.45, 2.75) is 13.8 Å². The Morgan fingerprint density at radius 3 is 2.47 bits per heavy atom. The lowest BCUT2D eigenvalue weighted by molar-refractivity contribution is -0.123. The molecule has 2 aromatic rings. The van der Waals surface area contributed by atoms with Crippen LogP contribution in [0.1, 0.15) is 24.2 Å². The summed E-state index contributed by atoms with van der Waals surface area (Å²) < 4.78 is 11.0. The first kappa shape index (κ1) is 23.7. The Hall–Kier alpha value is -2.55. The number of carbonyl (C=O) groups is 2. The lowest BCUT2D eigenvalue weighted by Crippen LogP contribution is -2.49. The Balaban J connectivity index is 1.81. The Labute approximate surface area is 190 Å². The average molecular weight is 470 g/mol. The summed E-state index contributed by atoms with van der Waals surface area (Å²) in [5, 5.41) is 3.13. The molecule has 7 nitrogen and oxygen atoms in total. The van der Waals surface area contributed by atoms with Gasteiger partial charge in [0.25, 0.3) is 11.8 Å². The maximum atomic E-state index is 12.5. The van der Waals surface area contributed by atoms with Gasteiger partial charge in [-0.1, -0.05) is 49.2 Å². The second kappa shape index (κ2) is 11.6. The number of amides is 2. The van der Waals surface area contributed by atoms with E-state index >= 15 is 0 Å². The van der Waals surface area contributed by atoms with Gasteiger partial charge in [-0.15, -0.1) is 0 Å². The van der Waals surface area contributed by atoms with Crippen molar-refractivity contribution in [1.82, 2.24) is 16.2 Å². The zero-order valence-corrected chi connectivity index (χ0v) is 18.7. The third-order valence-corrected chi connectivity index (χ3v) is 4.23. The molecule has 0 heterocycles. The van der Waals surface area contributed by atoms with E-state index in [1.165, 1.54) is 6.07 Å². The number of halogens is 2. The number of hydrogen-bond donors (Lipinski definition) is 3. The van der Waals surface area contributed by atoms with Crippen LogP contribution < -0.4 is 25.6 Å². The second-order valence-electron chi connectivity index (χ2n) is 6.52. The van der Waals surface area contributed by atoms with Crippen molar-refractivity contribution in [3.8, 4) is 11.5 Å². The maximum absolute atomic E-state index is 12.5. The molecule has 0 aliphatic heterocycles. The number of thiocarbonyl (C=S) groups is 1. The zero-order chi connectivity index (χ0) is 22.1. The van der Waals surface area contributed by atoms with E-state index in [-0.39, 0.29) is 16.7 Å². The van der Waals surface area contributed by atoms with Gasteiger partial charge in [0, 0.05) is 5.02 Å². The first-order chi connectivity index (χ1) is 14.3. The van der Waals surface area contributed by atoms with E-state index in [0.717, 1.165) is 0 Å². The largest absolute Gasteiger partial charge is 0.492 e. The van der Waals surface area contributed by atoms with Gasteiger partial charge in [0.05, 0.1) is 17.2 Å². The number of carbonyl (C=O) groups excluding carboxylic acids is 2. The smallest absolute Gasteiger partial charge is 0.276 e. The van der Waals surface area contributed by atoms with Gasteiger partial charge in [0.1, 0.15) is 11.5 Å². The third-order valence-electron chi connectivity index (χ3n) is 3.50. The van der Waals surface area contributed by atoms with Gasteiger partial charge in [0.2, 0.25) is 0 Å². The van der Waals surface area contributed by atoms with Crippen molar-refractivity contribution in [2.75, 3.05) is 13.2 Å². The van der Waals surface area contributed by atoms with E-state index < -0.39 is 11.8 Å². The molecule has 0 aromatic heterocycles. The number of hydrogen-bond acceptors (Lipinski definition) is 5. The summed E-state index contributed by atoms with van der Waals surface area (Å²) >= 11 is 16.8. The molecule has 0 spiro atoms. The number of rotatable bonds is 7. The van der Waals surface area contributed by atoms with E-state index in [2.05, 4.69) is 16.2 Å². The predicted molar refractivity (Wildman–Crippen MR) is 120 cm³/mol. The monoisotopic (exact) mass is 469 g/mol. The van der Waals surface area contributed by atoms with Crippen molar-refractivity contribution >= 4 is 52.3 Å². The molecule has 0 radical (unpaired) electrons. The summed E-state index contributed by atoms with van der Waals surface area (Å²) in [7, 11) is 0. The molecule has 0 saturated carbocycles. The summed E-state index contributed by atoms with van der Waals surface area (Å²) in [5.74, 6) is 0.0708. The molecule has 160 valence electrons. The van der Waals surface area contributed by atoms with Gasteiger partial charge in [-0.2, -0.15) is 0 Å². The van der Waals surface area contributed by atoms with Crippen LogP contribution in [0.3, 0.4) is 0 Å². The molecular weight excluding hydrogens is 449 g/mol. The van der Waals surface area contributed by atoms with Crippen molar-refractivity contribution in [3.05, 3.63) is 58.1 Å². The summed E-state index contributed by atoms with van der Waals surface area (Å²) in [6.45, 7) is 4.17. The maximum Gasteiger partial charge on any atom is 0.276 e. The SMILES string of the molecule is CC(C)COc1ccccc1C(=O)NC(=S)NNC(=O)COc1ccc(Cl)cc1Cl. The van der Waals surface area contributed by atoms with Gasteiger partial charge in [0.15, 0.2) is 11.7 Å². The highest BCUT2D eigenvalue weighted by Crippen LogP contribution is 2.27. The first-order valence-corrected chi connectivity index (χ1v) is 10.1. The van der Waals surface area contributed by atoms with Gasteiger partial charge < -0.3 is 9.47 Å². The van der Waals surface area contributed by atoms with Crippen LogP contribution in [0.2, 0.25) is 10.0 Å². The standard InChI is InChI=1S/C20H21Cl2N3O4S/c1-12(2)10-28-16-6-4-3-5-14(16)19(27)23-20(30)25-24-18(26)11-29-17-8-7-13(21)9-15(17)22/h3-9,12H,10-11H2,1-2H3,(H,24,26)(H2,23,25,27,30). The van der Waals surface area contributed by atoms with Crippen molar-refractivity contribution in [3.63, 3.8) is 0 Å². The number of nitrogens with one attached hydrogen (secondary N) is 3. The van der Waals surface area contributed by atoms with Crippen LogP contribution in [-0.2, 0) is 4.79 Å². The zero-order valence-electron chi connectivity index (χ0n) is 16.3. The Morgan fingerprint density at radius 2 is 1.77 bits per heavy atom. The van der Waals surface area contributed by atoms with E-state index in [9.17, 15) is 9.59 Å². The molecular formula is C20H21Cl2N3O4S. The predicted octanol–water partition coefficient (Wildman–Crippen LogP) is 3.74. The van der Waals surface area contributed by atoms with Crippen LogP contribution in [0.4, 0.5) is 0 Å². The highest BCUT2D eigenvalue weighted by molar-refractivity contribution is 7.80. The lowest BCUT2D eigenvalue weighted by atomic mass is 10.2. The van der Waals surface area contributed by atoms with Crippen LogP contribution in [0.5, 0.6) is 11.5 Å². The van der Waals surface area contributed by atoms with Crippen LogP contribution in [0.15, 0.2) is 42.5 Å². The molecule has 0 aliphatic rings. The van der Waals surface area contributed by atoms with E-state index in [1.54, 1.807) is 36.4 Å². The quantitative estimate of drug-likeness (QED) is 0.422. The fourth-order valence-electron chi connectivity index (χ4n) is 2.14. The minimum Gasteiger partial charge on any atom is -0.492 e. The van der Waals surface area contributed by atoms with E-state index in [0.29, 0.717) is 34.6 Å². The fourth-order valence-corrected chi connectivity index (χ4v) is 2.74. The highest BCUT2D eigenvalue weighted by Gasteiger charge is 2.14. The first-order valence-electron chi connectivity index (χ1n) is 8.96. The van der Waals surface area contributed by atoms with Crippen LogP contribution in [-0.4, -0.2) is 30.1 Å². The molecule has 0 atom stereocenters. The average Bonchev–Trinajstić information content (AvgIpc) is 2.70. The minimum absolute atomic E-state index is 0.0865. The normalized spacial score (nSPS) is 10.3. The Bertz CT molecular complexity index is 925. The topological polar surface area (TPSA) is 88.7 Å². The van der Waals surface area contributed by atoms with E-state index in [4.69, 9.17) is 44.9 Å². The summed E-state index contributed by atoms with van der Waals surface area (Å²) in [6.07, 6.45) is 0. The Kier molecular flexibility index (Phi) is 9.16. The molecule has 2 amide bonds. The summed E-state index contributed by atoms with van der Waals surface area (Å²) in [4.78, 5) is 24.4. The van der Waals surface area contributed by atoms with Crippen LogP contribution in [0.25, 0.3) is 0 Å². The number of benzene rings is 2. The van der Waals surface area contributed by atoms with Gasteiger partial charge in [-0.3, -0.25) is 25.8 Å². The molecule has 30 heavy (non-hydrogen) atoms. The molecule has 3 N–H and O–H groups in total. The highest BCUT2D eigenvalue weighted by atomic mass is 35.5. The summed E-state index contributed by atoms with van der Waals surface area (Å²) in [5.41, 5.74) is 5.09. The molecule has 0 fully saturated rings. The van der Waals surface area contributed by atoms with Crippen LogP contribution in [0, 0.1) is 5.92 Å². The van der Waals surface area contributed by atoms with Gasteiger partial charge in [-0.25, -0.2) is 0 Å².